The van der Waals surface area contributed by atoms with Crippen LogP contribution in [0.15, 0.2) is 152 Å². The van der Waals surface area contributed by atoms with Gasteiger partial charge in [-0.05, 0) is 148 Å². The first-order chi connectivity index (χ1) is 41.8. The average Bonchev–Trinajstić information content (AvgIpc) is 2.86. The van der Waals surface area contributed by atoms with Gasteiger partial charge in [-0.25, -0.2) is 49.3 Å². The lowest BCUT2D eigenvalue weighted by atomic mass is 9.92. The minimum absolute atomic E-state index is 0.00880. The number of aromatic amines is 4. The molecule has 0 radical (unpaired) electrons. The highest BCUT2D eigenvalue weighted by molar-refractivity contribution is 7.54. The molecule has 5 N–H and O–H groups in total. The number of carboxylic acid groups (broad SMARTS) is 1. The van der Waals surface area contributed by atoms with Crippen molar-refractivity contribution < 1.29 is 48.1 Å². The van der Waals surface area contributed by atoms with Gasteiger partial charge in [-0.1, -0.05) is 149 Å². The second-order valence-electron chi connectivity index (χ2n) is 19.7. The molecule has 4 atom stereocenters. The van der Waals surface area contributed by atoms with E-state index >= 15 is 0 Å². The fraction of sp³-hybridized carbons (Fsp3) is 0.313. The molecule has 0 fully saturated rings. The summed E-state index contributed by atoms with van der Waals surface area (Å²) >= 11 is 13.1. The molecule has 88 heavy (non-hydrogen) atoms. The number of benzene rings is 4. The van der Waals surface area contributed by atoms with E-state index in [1.165, 1.54) is 16.7 Å². The maximum atomic E-state index is 12.6. The Bertz CT molecular complexity index is 3330. The minimum atomic E-state index is -1.72. The molecule has 8 rings (SSSR count). The topological polar surface area (TPSA) is 213 Å². The van der Waals surface area contributed by atoms with Crippen molar-refractivity contribution in [3.8, 4) is 0 Å². The van der Waals surface area contributed by atoms with E-state index in [4.69, 9.17) is 84.3 Å². The summed E-state index contributed by atoms with van der Waals surface area (Å²) in [5, 5.41) is 8.83. The van der Waals surface area contributed by atoms with Gasteiger partial charge >= 0.3 is 35.3 Å². The van der Waals surface area contributed by atoms with E-state index < -0.39 is 23.3 Å². The summed E-state index contributed by atoms with van der Waals surface area (Å²) in [6.45, 7) is 22.1. The van der Waals surface area contributed by atoms with E-state index in [0.717, 1.165) is 46.6 Å². The van der Waals surface area contributed by atoms with E-state index in [9.17, 15) is 28.8 Å². The Labute approximate surface area is 549 Å². The molecular weight excluding hydrogens is 1260 g/mol. The Morgan fingerprint density at radius 3 is 1.14 bits per heavy atom. The zero-order valence-electron chi connectivity index (χ0n) is 51.5. The number of aryl methyl sites for hydroxylation is 4. The van der Waals surface area contributed by atoms with Crippen molar-refractivity contribution >= 4 is 111 Å². The molecule has 8 aromatic rings. The number of carboxylic acids is 1. The second-order valence-corrected chi connectivity index (χ2v) is 27.3. The maximum Gasteiger partial charge on any atom is 0.643 e. The molecule has 4 heterocycles. The lowest BCUT2D eigenvalue weighted by Crippen LogP contribution is -2.10. The van der Waals surface area contributed by atoms with Gasteiger partial charge in [-0.15, -0.1) is 23.2 Å². The summed E-state index contributed by atoms with van der Waals surface area (Å²) in [6, 6.07) is 48.5. The first-order valence-corrected chi connectivity index (χ1v) is 35.0. The number of aromatic nitrogens is 4. The molecule has 0 aliphatic rings. The van der Waals surface area contributed by atoms with Crippen molar-refractivity contribution in [2.24, 2.45) is 0 Å². The third kappa shape index (κ3) is 28.3. The van der Waals surface area contributed by atoms with Gasteiger partial charge in [0.1, 0.15) is 22.8 Å². The largest absolute Gasteiger partial charge is 0.643 e. The van der Waals surface area contributed by atoms with Gasteiger partial charge in [0.2, 0.25) is 5.24 Å². The number of alkyl halides is 2. The monoisotopic (exact) mass is 1340 g/mol. The number of rotatable bonds is 18. The van der Waals surface area contributed by atoms with Crippen LogP contribution in [0.3, 0.4) is 0 Å². The molecule has 4 unspecified atom stereocenters. The summed E-state index contributed by atoms with van der Waals surface area (Å²) in [6.07, 6.45) is 1.76. The Balaban J connectivity index is 0.000000372. The fourth-order valence-corrected chi connectivity index (χ4v) is 8.61. The number of ketones is 1. The van der Waals surface area contributed by atoms with Crippen LogP contribution < -0.4 is 0 Å². The van der Waals surface area contributed by atoms with Gasteiger partial charge in [0.25, 0.3) is 0 Å². The number of hydrogen-bond donors (Lipinski definition) is 5. The SMILES string of the molecule is CC(C(=O)Cl)c1ccccc1.CCOC(=O)c1cc(C(=O)C(C)c2ccccc2)c(C)[nH]1.CCOC(=O)c1cc(CC(C)c2ccccc2)c(C)[nH]1.CCOC(=O)c1ccc(C)[nH]1.Cc1[nH]c(C(=O)O)cc1CC(C)c1ccccc1.ClCCl.[Cl][Al]([Cl])[Cl]. The van der Waals surface area contributed by atoms with E-state index in [2.05, 4.69) is 70.2 Å². The number of carbonyl (C=O) groups is 6. The van der Waals surface area contributed by atoms with Gasteiger partial charge in [0.15, 0.2) is 5.78 Å². The number of ether oxygens (including phenoxy) is 3. The quantitative estimate of drug-likeness (QED) is 0.0137. The fourth-order valence-electron chi connectivity index (χ4n) is 8.48. The van der Waals surface area contributed by atoms with Gasteiger partial charge in [0, 0.05) is 34.3 Å². The highest BCUT2D eigenvalue weighted by Crippen LogP contribution is 2.26. The molecule has 21 heteroatoms. The highest BCUT2D eigenvalue weighted by atomic mass is 35.8. The number of aromatic carboxylic acids is 1. The van der Waals surface area contributed by atoms with Gasteiger partial charge in [0.05, 0.1) is 31.1 Å². The molecule has 0 aliphatic carbocycles. The van der Waals surface area contributed by atoms with Crippen LogP contribution in [0.25, 0.3) is 0 Å². The molecule has 4 aromatic carbocycles. The number of Topliss-reactive ketones (excluding diaryl/α,β-unsaturated/α-hetero) is 1. The second kappa shape index (κ2) is 42.4. The summed E-state index contributed by atoms with van der Waals surface area (Å²) < 4.78 is 14.7. The third-order valence-corrected chi connectivity index (χ3v) is 13.5. The van der Waals surface area contributed by atoms with E-state index in [0.29, 0.717) is 60.0 Å². The molecule has 0 aliphatic heterocycles. The van der Waals surface area contributed by atoms with Crippen molar-refractivity contribution in [1.82, 2.24) is 19.9 Å². The van der Waals surface area contributed by atoms with E-state index in [1.807, 2.05) is 132 Å². The third-order valence-electron chi connectivity index (χ3n) is 13.2. The summed E-state index contributed by atoms with van der Waals surface area (Å²) in [5.74, 6) is -1.58. The number of H-pyrrole nitrogens is 4. The van der Waals surface area contributed by atoms with Crippen LogP contribution in [0, 0.1) is 27.7 Å². The van der Waals surface area contributed by atoms with Crippen molar-refractivity contribution in [2.45, 2.75) is 113 Å². The molecule has 472 valence electrons. The van der Waals surface area contributed by atoms with Crippen LogP contribution in [-0.4, -0.2) is 96.5 Å². The molecule has 0 saturated heterocycles. The predicted molar refractivity (Wildman–Crippen MR) is 359 cm³/mol. The Hall–Kier alpha value is -6.51. The average molecular weight is 1340 g/mol. The number of hydrogen-bond acceptors (Lipinski definition) is 9. The van der Waals surface area contributed by atoms with Crippen molar-refractivity contribution in [3.63, 3.8) is 0 Å². The van der Waals surface area contributed by atoms with Crippen LogP contribution >= 0.6 is 65.0 Å². The molecule has 0 saturated carbocycles. The van der Waals surface area contributed by atoms with Crippen LogP contribution in [-0.2, 0) is 31.8 Å². The molecule has 14 nitrogen and oxygen atoms in total. The summed E-state index contributed by atoms with van der Waals surface area (Å²) in [4.78, 5) is 80.4. The van der Waals surface area contributed by atoms with Crippen LogP contribution in [0.4, 0.5) is 0 Å². The predicted octanol–water partition coefficient (Wildman–Crippen LogP) is 17.9. The van der Waals surface area contributed by atoms with E-state index in [1.54, 1.807) is 45.9 Å². The lowest BCUT2D eigenvalue weighted by Gasteiger charge is -2.11. The molecule has 0 bridgehead atoms. The minimum Gasteiger partial charge on any atom is -0.477 e. The van der Waals surface area contributed by atoms with Crippen LogP contribution in [0.5, 0.6) is 0 Å². The Kier molecular flexibility index (Phi) is 37.4. The smallest absolute Gasteiger partial charge is 0.477 e. The normalized spacial score (nSPS) is 11.4. The van der Waals surface area contributed by atoms with Gasteiger partial charge in [-0.2, -0.15) is 0 Å². The number of nitrogens with one attached hydrogen (secondary N) is 4. The number of halogens is 6. The zero-order valence-corrected chi connectivity index (χ0v) is 57.1. The van der Waals surface area contributed by atoms with Crippen molar-refractivity contribution in [2.75, 3.05) is 25.2 Å². The maximum absolute atomic E-state index is 12.6. The highest BCUT2D eigenvalue weighted by Gasteiger charge is 2.23. The lowest BCUT2D eigenvalue weighted by molar-refractivity contribution is -0.112. The van der Waals surface area contributed by atoms with Crippen molar-refractivity contribution in [3.05, 3.63) is 236 Å². The summed E-state index contributed by atoms with van der Waals surface area (Å²) in [5.41, 5.74) is 12.6. The standard InChI is InChI=1S/C17H19NO3.C17H21NO2.C15H17NO2.C9H9ClO.C8H11NO2.CH2Cl2.Al.3ClH/c1-4-21-17(20)15-10-14(12(3)18-15)16(19)11(2)13-8-6-5-7-9-13;1-4-20-17(19)16-11-15(13(3)18-16)10-12(2)14-8-6-5-7-9-14;1-10(12-6-4-3-5-7-12)8-13-9-14(15(17)18)16-11(13)2;1-7(9(10)11)8-5-3-2-4-6-8;1-3-11-8(10)7-5-4-6(2)9-7;2-1-3;;;;/h5-11,18H,4H2,1-3H3;5-9,11-12,18H,4,10H2,1-3H3;3-7,9-10,16H,8H2,1-2H3,(H,17,18);2-7H,1H3;4-5,9H,3H2,1-2H3;1H2;;3*1H/q;;;;;;+3;;;/p-3. The first-order valence-electron chi connectivity index (χ1n) is 28.3. The number of carbonyl (C=O) groups excluding carboxylic acids is 5. The van der Waals surface area contributed by atoms with Gasteiger partial charge < -0.3 is 39.3 Å². The molecular formula is C67H79AlCl6N4O10. The zero-order chi connectivity index (χ0) is 65.9. The summed E-state index contributed by atoms with van der Waals surface area (Å²) in [7, 11) is 14.8. The number of esters is 3. The first kappa shape index (κ1) is 77.6. The van der Waals surface area contributed by atoms with Gasteiger partial charge in [-0.3, -0.25) is 9.59 Å². The van der Waals surface area contributed by atoms with Crippen LogP contribution in [0.1, 0.15) is 181 Å². The molecule has 0 amide bonds. The Morgan fingerprint density at radius 2 is 0.795 bits per heavy atom. The molecule has 4 aromatic heterocycles. The van der Waals surface area contributed by atoms with E-state index in [-0.39, 0.29) is 45.8 Å². The van der Waals surface area contributed by atoms with Crippen LogP contribution in [0.2, 0.25) is 0 Å². The molecule has 0 spiro atoms. The van der Waals surface area contributed by atoms with Crippen molar-refractivity contribution in [1.29, 1.82) is 0 Å². The Morgan fingerprint density at radius 1 is 0.466 bits per heavy atom.